The number of anilines is 1. The second kappa shape index (κ2) is 6.91. The van der Waals surface area contributed by atoms with Gasteiger partial charge in [-0.3, -0.25) is 0 Å². The summed E-state index contributed by atoms with van der Waals surface area (Å²) in [5, 5.41) is 24.9. The van der Waals surface area contributed by atoms with Crippen LogP contribution in [0.5, 0.6) is 5.75 Å². The van der Waals surface area contributed by atoms with Gasteiger partial charge in [0.05, 0.1) is 5.60 Å². The van der Waals surface area contributed by atoms with Gasteiger partial charge in [0, 0.05) is 29.5 Å². The SMILES string of the molecule is C=C(C)c1ccc(-c2nnc(NC3CC(C)(OC)C3)c3ccccc23)c(O)c1. The van der Waals surface area contributed by atoms with Crippen LogP contribution in [-0.4, -0.2) is 34.1 Å². The standard InChI is InChI=1S/C23H25N3O2/c1-14(2)15-9-10-19(20(27)11-15)21-17-7-5-6-8-18(17)22(26-25-21)24-16-12-23(3,13-16)28-4/h5-11,16,27H,1,12-13H2,2-4H3,(H,24,26). The van der Waals surface area contributed by atoms with Gasteiger partial charge in [0.25, 0.3) is 0 Å². The molecule has 0 bridgehead atoms. The zero-order valence-electron chi connectivity index (χ0n) is 16.5. The molecular weight excluding hydrogens is 350 g/mol. The summed E-state index contributed by atoms with van der Waals surface area (Å²) in [4.78, 5) is 0. The number of rotatable bonds is 5. The summed E-state index contributed by atoms with van der Waals surface area (Å²) >= 11 is 0. The molecule has 4 rings (SSSR count). The lowest BCUT2D eigenvalue weighted by atomic mass is 9.77. The molecule has 0 radical (unpaired) electrons. The smallest absolute Gasteiger partial charge is 0.156 e. The Morgan fingerprint density at radius 1 is 1.18 bits per heavy atom. The Morgan fingerprint density at radius 3 is 2.54 bits per heavy atom. The number of phenolic OH excluding ortho intramolecular Hbond substituents is 1. The monoisotopic (exact) mass is 375 g/mol. The molecule has 1 aromatic heterocycles. The van der Waals surface area contributed by atoms with Gasteiger partial charge in [-0.2, -0.15) is 0 Å². The average Bonchev–Trinajstić information content (AvgIpc) is 2.67. The number of ether oxygens (including phenoxy) is 1. The minimum atomic E-state index is -0.0579. The third-order valence-corrected chi connectivity index (χ3v) is 5.62. The second-order valence-corrected chi connectivity index (χ2v) is 7.86. The number of hydrogen-bond acceptors (Lipinski definition) is 5. The third kappa shape index (κ3) is 3.22. The Balaban J connectivity index is 1.72. The van der Waals surface area contributed by atoms with Crippen molar-refractivity contribution in [3.05, 3.63) is 54.6 Å². The first kappa shape index (κ1) is 18.4. The van der Waals surface area contributed by atoms with Crippen molar-refractivity contribution in [2.75, 3.05) is 12.4 Å². The van der Waals surface area contributed by atoms with Gasteiger partial charge in [-0.05, 0) is 44.4 Å². The second-order valence-electron chi connectivity index (χ2n) is 7.86. The van der Waals surface area contributed by atoms with E-state index < -0.39 is 0 Å². The normalized spacial score (nSPS) is 21.3. The van der Waals surface area contributed by atoms with E-state index in [1.54, 1.807) is 13.2 Å². The lowest BCUT2D eigenvalue weighted by molar-refractivity contribution is -0.0625. The van der Waals surface area contributed by atoms with E-state index in [-0.39, 0.29) is 11.4 Å². The maximum absolute atomic E-state index is 10.6. The largest absolute Gasteiger partial charge is 0.507 e. The van der Waals surface area contributed by atoms with Gasteiger partial charge >= 0.3 is 0 Å². The summed E-state index contributed by atoms with van der Waals surface area (Å²) in [7, 11) is 1.76. The van der Waals surface area contributed by atoms with Crippen molar-refractivity contribution in [1.29, 1.82) is 0 Å². The summed E-state index contributed by atoms with van der Waals surface area (Å²) in [6.45, 7) is 7.97. The first-order valence-corrected chi connectivity index (χ1v) is 9.46. The van der Waals surface area contributed by atoms with Crippen molar-refractivity contribution in [1.82, 2.24) is 10.2 Å². The lowest BCUT2D eigenvalue weighted by Gasteiger charge is -2.44. The van der Waals surface area contributed by atoms with E-state index in [2.05, 4.69) is 29.0 Å². The first-order chi connectivity index (χ1) is 13.4. The Labute approximate surface area is 165 Å². The molecule has 2 aromatic carbocycles. The highest BCUT2D eigenvalue weighted by Crippen LogP contribution is 2.39. The van der Waals surface area contributed by atoms with Gasteiger partial charge in [0.1, 0.15) is 11.4 Å². The van der Waals surface area contributed by atoms with Crippen LogP contribution in [0.25, 0.3) is 27.6 Å². The molecule has 1 saturated carbocycles. The van der Waals surface area contributed by atoms with Crippen molar-refractivity contribution < 1.29 is 9.84 Å². The third-order valence-electron chi connectivity index (χ3n) is 5.62. The van der Waals surface area contributed by atoms with E-state index in [0.29, 0.717) is 17.3 Å². The molecule has 0 aliphatic heterocycles. The number of benzene rings is 2. The minimum absolute atomic E-state index is 0.0579. The van der Waals surface area contributed by atoms with E-state index in [9.17, 15) is 5.11 Å². The maximum atomic E-state index is 10.6. The molecule has 28 heavy (non-hydrogen) atoms. The lowest BCUT2D eigenvalue weighted by Crippen LogP contribution is -2.49. The van der Waals surface area contributed by atoms with Crippen LogP contribution in [0.4, 0.5) is 5.82 Å². The molecular formula is C23H25N3O2. The predicted molar refractivity (Wildman–Crippen MR) is 113 cm³/mol. The maximum Gasteiger partial charge on any atom is 0.156 e. The van der Waals surface area contributed by atoms with Crippen LogP contribution < -0.4 is 5.32 Å². The number of aromatic nitrogens is 2. The number of aromatic hydroxyl groups is 1. The molecule has 0 atom stereocenters. The van der Waals surface area contributed by atoms with Crippen LogP contribution in [0.1, 0.15) is 32.3 Å². The molecule has 0 amide bonds. The van der Waals surface area contributed by atoms with E-state index >= 15 is 0 Å². The van der Waals surface area contributed by atoms with E-state index in [0.717, 1.165) is 40.6 Å². The fourth-order valence-corrected chi connectivity index (χ4v) is 3.85. The number of fused-ring (bicyclic) bond motifs is 1. The Hall–Kier alpha value is -2.92. The van der Waals surface area contributed by atoms with E-state index in [1.807, 2.05) is 43.3 Å². The van der Waals surface area contributed by atoms with Gasteiger partial charge in [-0.1, -0.05) is 42.5 Å². The van der Waals surface area contributed by atoms with Crippen LogP contribution in [0.15, 0.2) is 49.0 Å². The molecule has 0 saturated heterocycles. The number of nitrogens with zero attached hydrogens (tertiary/aromatic N) is 2. The summed E-state index contributed by atoms with van der Waals surface area (Å²) in [5.74, 6) is 0.941. The van der Waals surface area contributed by atoms with Crippen LogP contribution in [0.2, 0.25) is 0 Å². The fraction of sp³-hybridized carbons (Fsp3) is 0.304. The number of phenols is 1. The first-order valence-electron chi connectivity index (χ1n) is 9.46. The van der Waals surface area contributed by atoms with Crippen LogP contribution in [0.3, 0.4) is 0 Å². The molecule has 0 spiro atoms. The summed E-state index contributed by atoms with van der Waals surface area (Å²) in [6.07, 6.45) is 1.87. The highest BCUT2D eigenvalue weighted by atomic mass is 16.5. The Morgan fingerprint density at radius 2 is 1.89 bits per heavy atom. The molecule has 2 N–H and O–H groups in total. The quantitative estimate of drug-likeness (QED) is 0.656. The predicted octanol–water partition coefficient (Wildman–Crippen LogP) is 5.01. The van der Waals surface area contributed by atoms with Crippen LogP contribution in [0, 0.1) is 0 Å². The molecule has 1 aliphatic carbocycles. The molecule has 1 aliphatic rings. The fourth-order valence-electron chi connectivity index (χ4n) is 3.85. The van der Waals surface area contributed by atoms with Gasteiger partial charge < -0.3 is 15.2 Å². The molecule has 5 nitrogen and oxygen atoms in total. The molecule has 144 valence electrons. The molecule has 5 heteroatoms. The number of hydrogen-bond donors (Lipinski definition) is 2. The molecule has 1 heterocycles. The van der Waals surface area contributed by atoms with Crippen molar-refractivity contribution in [2.24, 2.45) is 0 Å². The topological polar surface area (TPSA) is 67.3 Å². The van der Waals surface area contributed by atoms with Crippen molar-refractivity contribution in [3.8, 4) is 17.0 Å². The van der Waals surface area contributed by atoms with Crippen molar-refractivity contribution in [2.45, 2.75) is 38.3 Å². The van der Waals surface area contributed by atoms with E-state index in [4.69, 9.17) is 4.74 Å². The number of nitrogens with one attached hydrogen (secondary N) is 1. The van der Waals surface area contributed by atoms with E-state index in [1.165, 1.54) is 0 Å². The molecule has 3 aromatic rings. The minimum Gasteiger partial charge on any atom is -0.507 e. The van der Waals surface area contributed by atoms with Gasteiger partial charge in [0.2, 0.25) is 0 Å². The highest BCUT2D eigenvalue weighted by molar-refractivity contribution is 6.01. The van der Waals surface area contributed by atoms with Gasteiger partial charge in [-0.15, -0.1) is 10.2 Å². The summed E-state index contributed by atoms with van der Waals surface area (Å²) in [6, 6.07) is 13.9. The zero-order valence-corrected chi connectivity index (χ0v) is 16.5. The van der Waals surface area contributed by atoms with Crippen molar-refractivity contribution >= 4 is 22.2 Å². The number of allylic oxidation sites excluding steroid dienone is 1. The summed E-state index contributed by atoms with van der Waals surface area (Å²) in [5.41, 5.74) is 3.08. The van der Waals surface area contributed by atoms with Crippen molar-refractivity contribution in [3.63, 3.8) is 0 Å². The molecule has 0 unspecified atom stereocenters. The zero-order chi connectivity index (χ0) is 19.9. The Bertz CT molecular complexity index is 1050. The Kier molecular flexibility index (Phi) is 4.55. The van der Waals surface area contributed by atoms with Crippen LogP contribution >= 0.6 is 0 Å². The summed E-state index contributed by atoms with van der Waals surface area (Å²) < 4.78 is 5.54. The molecule has 1 fully saturated rings. The van der Waals surface area contributed by atoms with Crippen LogP contribution in [-0.2, 0) is 4.74 Å². The van der Waals surface area contributed by atoms with Gasteiger partial charge in [-0.25, -0.2) is 0 Å². The number of methoxy groups -OCH3 is 1. The van der Waals surface area contributed by atoms with Gasteiger partial charge in [0.15, 0.2) is 5.82 Å². The highest BCUT2D eigenvalue weighted by Gasteiger charge is 2.40. The average molecular weight is 375 g/mol.